The molecule has 0 radical (unpaired) electrons. The summed E-state index contributed by atoms with van der Waals surface area (Å²) in [5.74, 6) is 0.489. The number of nitrogens with zero attached hydrogens (tertiary/aromatic N) is 6. The number of pyridine rings is 1. The number of nitrogens with one attached hydrogen (secondary N) is 1. The van der Waals surface area contributed by atoms with Crippen molar-refractivity contribution < 1.29 is 21.6 Å². The maximum Gasteiger partial charge on any atom is 0.433 e. The molecule has 0 spiro atoms. The predicted octanol–water partition coefficient (Wildman–Crippen LogP) is 3.45. The Morgan fingerprint density at radius 3 is 2.61 bits per heavy atom. The van der Waals surface area contributed by atoms with Crippen LogP contribution < -0.4 is 5.32 Å². The molecule has 0 unspecified atom stereocenters. The molecule has 0 bridgehead atoms. The summed E-state index contributed by atoms with van der Waals surface area (Å²) in [6.07, 6.45) is -0.103. The number of fused-ring (bicyclic) bond motifs is 2. The fourth-order valence-electron chi connectivity index (χ4n) is 3.66. The van der Waals surface area contributed by atoms with Crippen molar-refractivity contribution in [2.45, 2.75) is 43.4 Å². The van der Waals surface area contributed by atoms with Gasteiger partial charge in [-0.25, -0.2) is 23.4 Å². The van der Waals surface area contributed by atoms with Gasteiger partial charge >= 0.3 is 6.18 Å². The molecule has 4 aromatic rings. The lowest BCUT2D eigenvalue weighted by Gasteiger charge is -2.13. The van der Waals surface area contributed by atoms with Crippen LogP contribution in [-0.2, 0) is 23.1 Å². The molecule has 1 N–H and O–H groups in total. The van der Waals surface area contributed by atoms with Crippen LogP contribution in [0.25, 0.3) is 28.1 Å². The Hall–Kier alpha value is -3.22. The average Bonchev–Trinajstić information content (AvgIpc) is 3.20. The van der Waals surface area contributed by atoms with Gasteiger partial charge in [0.25, 0.3) is 0 Å². The standard InChI is InChI=1S/C20H20F3N7O2S/c1-4-33(31,32)18-15(16-24-8-5-14(30(16)28-18)27-19(2)6-7-19)17-26-11-9-13(20(21,22)23)25-10-12(11)29(17)3/h5,8-10,27H,4,6-7H2,1-3H3. The van der Waals surface area contributed by atoms with E-state index < -0.39 is 21.7 Å². The predicted molar refractivity (Wildman–Crippen MR) is 114 cm³/mol. The van der Waals surface area contributed by atoms with Crippen LogP contribution in [0, 0.1) is 0 Å². The van der Waals surface area contributed by atoms with Crippen LogP contribution >= 0.6 is 0 Å². The van der Waals surface area contributed by atoms with Crippen molar-refractivity contribution in [3.63, 3.8) is 0 Å². The quantitative estimate of drug-likeness (QED) is 0.467. The molecule has 174 valence electrons. The van der Waals surface area contributed by atoms with Crippen LogP contribution in [0.1, 0.15) is 32.4 Å². The zero-order valence-corrected chi connectivity index (χ0v) is 18.8. The van der Waals surface area contributed by atoms with Gasteiger partial charge in [-0.05, 0) is 31.9 Å². The number of rotatable bonds is 5. The van der Waals surface area contributed by atoms with Crippen LogP contribution in [0.2, 0.25) is 0 Å². The van der Waals surface area contributed by atoms with E-state index in [4.69, 9.17) is 0 Å². The smallest absolute Gasteiger partial charge is 0.365 e. The zero-order chi connectivity index (χ0) is 23.8. The van der Waals surface area contributed by atoms with Gasteiger partial charge in [-0.1, -0.05) is 6.92 Å². The van der Waals surface area contributed by atoms with E-state index in [9.17, 15) is 21.6 Å². The Labute approximate surface area is 186 Å². The fourth-order valence-corrected chi connectivity index (χ4v) is 4.63. The minimum absolute atomic E-state index is 0.0359. The molecular weight excluding hydrogens is 459 g/mol. The summed E-state index contributed by atoms with van der Waals surface area (Å²) >= 11 is 0. The van der Waals surface area contributed by atoms with Crippen LogP contribution in [0.5, 0.6) is 0 Å². The zero-order valence-electron chi connectivity index (χ0n) is 18.0. The summed E-state index contributed by atoms with van der Waals surface area (Å²) in [5.41, 5.74) is -0.469. The van der Waals surface area contributed by atoms with E-state index in [0.717, 1.165) is 25.1 Å². The number of anilines is 1. The number of hydrogen-bond donors (Lipinski definition) is 1. The molecule has 0 amide bonds. The Morgan fingerprint density at radius 1 is 1.24 bits per heavy atom. The number of aromatic nitrogens is 6. The van der Waals surface area contributed by atoms with Gasteiger partial charge in [0.15, 0.2) is 20.5 Å². The Bertz CT molecular complexity index is 1520. The lowest BCUT2D eigenvalue weighted by Crippen LogP contribution is -2.18. The number of hydrogen-bond acceptors (Lipinski definition) is 7. The van der Waals surface area contributed by atoms with Gasteiger partial charge in [0, 0.05) is 18.8 Å². The Balaban J connectivity index is 1.80. The largest absolute Gasteiger partial charge is 0.433 e. The highest BCUT2D eigenvalue weighted by molar-refractivity contribution is 7.91. The highest BCUT2D eigenvalue weighted by Gasteiger charge is 2.38. The normalized spacial score (nSPS) is 15.9. The Morgan fingerprint density at radius 2 is 1.97 bits per heavy atom. The first-order valence-electron chi connectivity index (χ1n) is 10.2. The van der Waals surface area contributed by atoms with Crippen molar-refractivity contribution in [2.75, 3.05) is 11.1 Å². The van der Waals surface area contributed by atoms with Crippen molar-refractivity contribution in [3.8, 4) is 11.4 Å². The summed E-state index contributed by atoms with van der Waals surface area (Å²) in [5, 5.41) is 7.50. The first-order valence-corrected chi connectivity index (χ1v) is 11.9. The molecule has 1 aliphatic carbocycles. The van der Waals surface area contributed by atoms with Gasteiger partial charge in [-0.2, -0.15) is 22.8 Å². The third kappa shape index (κ3) is 3.50. The first-order chi connectivity index (χ1) is 15.4. The molecule has 9 nitrogen and oxygen atoms in total. The summed E-state index contributed by atoms with van der Waals surface area (Å²) < 4.78 is 68.3. The second kappa shape index (κ2) is 6.89. The second-order valence-corrected chi connectivity index (χ2v) is 10.6. The molecule has 0 aliphatic heterocycles. The molecule has 33 heavy (non-hydrogen) atoms. The molecule has 1 aliphatic rings. The van der Waals surface area contributed by atoms with Crippen LogP contribution in [0.3, 0.4) is 0 Å². The Kier molecular flexibility index (Phi) is 4.51. The number of halogens is 3. The highest BCUT2D eigenvalue weighted by Crippen LogP contribution is 2.39. The van der Waals surface area contributed by atoms with Gasteiger partial charge < -0.3 is 9.88 Å². The molecule has 0 aromatic carbocycles. The van der Waals surface area contributed by atoms with Crippen LogP contribution in [-0.4, -0.2) is 48.8 Å². The van der Waals surface area contributed by atoms with E-state index in [2.05, 4.69) is 25.4 Å². The number of sulfone groups is 1. The molecule has 1 fully saturated rings. The van der Waals surface area contributed by atoms with Crippen molar-refractivity contribution in [1.29, 1.82) is 0 Å². The fraction of sp³-hybridized carbons (Fsp3) is 0.400. The number of alkyl halides is 3. The molecular formula is C20H20F3N7O2S. The van der Waals surface area contributed by atoms with E-state index in [1.165, 1.54) is 22.2 Å². The number of aryl methyl sites for hydroxylation is 1. The summed E-state index contributed by atoms with van der Waals surface area (Å²) in [6.45, 7) is 3.54. The van der Waals surface area contributed by atoms with E-state index in [0.29, 0.717) is 11.3 Å². The van der Waals surface area contributed by atoms with Gasteiger partial charge in [0.1, 0.15) is 22.9 Å². The van der Waals surface area contributed by atoms with Gasteiger partial charge in [0.2, 0.25) is 0 Å². The third-order valence-electron chi connectivity index (χ3n) is 5.87. The lowest BCUT2D eigenvalue weighted by atomic mass is 10.3. The number of imidazole rings is 1. The molecule has 5 rings (SSSR count). The van der Waals surface area contributed by atoms with Crippen LogP contribution in [0.15, 0.2) is 29.6 Å². The molecule has 0 saturated heterocycles. The minimum atomic E-state index is -4.63. The third-order valence-corrected chi connectivity index (χ3v) is 7.51. The molecule has 0 atom stereocenters. The van der Waals surface area contributed by atoms with Crippen molar-refractivity contribution in [3.05, 3.63) is 30.2 Å². The summed E-state index contributed by atoms with van der Waals surface area (Å²) in [4.78, 5) is 12.2. The van der Waals surface area contributed by atoms with Gasteiger partial charge in [-0.3, -0.25) is 0 Å². The lowest BCUT2D eigenvalue weighted by molar-refractivity contribution is -0.141. The first kappa shape index (κ1) is 21.6. The van der Waals surface area contributed by atoms with Gasteiger partial charge in [0.05, 0.1) is 23.0 Å². The van der Waals surface area contributed by atoms with E-state index in [1.54, 1.807) is 13.1 Å². The van der Waals surface area contributed by atoms with E-state index in [1.807, 2.05) is 6.92 Å². The van der Waals surface area contributed by atoms with E-state index in [-0.39, 0.29) is 38.9 Å². The average molecular weight is 479 g/mol. The maximum atomic E-state index is 13.1. The molecule has 4 aromatic heterocycles. The molecule has 13 heteroatoms. The van der Waals surface area contributed by atoms with E-state index >= 15 is 0 Å². The molecule has 1 saturated carbocycles. The SMILES string of the molecule is CCS(=O)(=O)c1nn2c(NC3(C)CC3)ccnc2c1-c1nc2cc(C(F)(F)F)ncc2n1C. The van der Waals surface area contributed by atoms with Crippen molar-refractivity contribution in [1.82, 2.24) is 29.1 Å². The summed E-state index contributed by atoms with van der Waals surface area (Å²) in [6, 6.07) is 2.54. The van der Waals surface area contributed by atoms with Crippen molar-refractivity contribution in [2.24, 2.45) is 7.05 Å². The van der Waals surface area contributed by atoms with Crippen LogP contribution in [0.4, 0.5) is 19.0 Å². The minimum Gasteiger partial charge on any atom is -0.365 e. The maximum absolute atomic E-state index is 13.1. The monoisotopic (exact) mass is 479 g/mol. The second-order valence-electron chi connectivity index (χ2n) is 8.39. The van der Waals surface area contributed by atoms with Gasteiger partial charge in [-0.15, -0.1) is 0 Å². The molecule has 4 heterocycles. The highest BCUT2D eigenvalue weighted by atomic mass is 32.2. The topological polar surface area (TPSA) is 107 Å². The van der Waals surface area contributed by atoms with Crippen molar-refractivity contribution >= 4 is 32.3 Å². The summed E-state index contributed by atoms with van der Waals surface area (Å²) in [7, 11) is -2.24.